The molecule has 1 amide bonds. The van der Waals surface area contributed by atoms with Gasteiger partial charge < -0.3 is 10.6 Å². The van der Waals surface area contributed by atoms with E-state index >= 15 is 0 Å². The van der Waals surface area contributed by atoms with Crippen LogP contribution in [0.3, 0.4) is 0 Å². The van der Waals surface area contributed by atoms with Crippen LogP contribution in [0.15, 0.2) is 0 Å². The average Bonchev–Trinajstić information content (AvgIpc) is 2.91. The maximum absolute atomic E-state index is 12.3. The Kier molecular flexibility index (Phi) is 7.05. The van der Waals surface area contributed by atoms with Crippen molar-refractivity contribution in [3.63, 3.8) is 0 Å². The summed E-state index contributed by atoms with van der Waals surface area (Å²) >= 11 is 8.11. The van der Waals surface area contributed by atoms with Gasteiger partial charge in [0.15, 0.2) is 5.78 Å². The average molecular weight is 318 g/mol. The second-order valence-corrected chi connectivity index (χ2v) is 5.87. The Morgan fingerprint density at radius 3 is 2.45 bits per heavy atom. The zero-order chi connectivity index (χ0) is 15.3. The van der Waals surface area contributed by atoms with Crippen LogP contribution in [-0.4, -0.2) is 52.5 Å². The van der Waals surface area contributed by atoms with Crippen molar-refractivity contribution in [2.45, 2.75) is 38.3 Å². The maximum atomic E-state index is 12.3. The molecule has 0 radical (unpaired) electrons. The van der Waals surface area contributed by atoms with Crippen molar-refractivity contribution in [2.24, 2.45) is 11.7 Å². The number of ketones is 2. The van der Waals surface area contributed by atoms with E-state index < -0.39 is 12.1 Å². The number of hydrogen-bond donors (Lipinski definition) is 3. The van der Waals surface area contributed by atoms with Crippen molar-refractivity contribution in [1.29, 1.82) is 0 Å². The smallest absolute Gasteiger partial charge is 0.240 e. The summed E-state index contributed by atoms with van der Waals surface area (Å²) < 4.78 is 0. The maximum Gasteiger partial charge on any atom is 0.240 e. The van der Waals surface area contributed by atoms with Gasteiger partial charge in [-0.3, -0.25) is 14.4 Å². The standard InChI is InChI=1S/C13H22N2O3S2/c1-8(16)9(6-19)5-12(17)11-3-2-4-15(11)13(18)10(14)7-20/h9-11,19-20H,2-7,14H2,1H3. The van der Waals surface area contributed by atoms with Crippen LogP contribution in [-0.2, 0) is 14.4 Å². The van der Waals surface area contributed by atoms with Gasteiger partial charge in [-0.1, -0.05) is 0 Å². The molecule has 0 aromatic rings. The molecule has 0 aromatic carbocycles. The van der Waals surface area contributed by atoms with Gasteiger partial charge in [0, 0.05) is 30.4 Å². The molecule has 0 bridgehead atoms. The number of amides is 1. The van der Waals surface area contributed by atoms with Crippen LogP contribution in [0.1, 0.15) is 26.2 Å². The molecule has 1 heterocycles. The molecule has 3 unspecified atom stereocenters. The molecule has 1 aliphatic heterocycles. The number of carbonyl (C=O) groups excluding carboxylic acids is 3. The summed E-state index contributed by atoms with van der Waals surface area (Å²) in [7, 11) is 0. The molecule has 0 aromatic heterocycles. The second-order valence-electron chi connectivity index (χ2n) is 5.14. The largest absolute Gasteiger partial charge is 0.331 e. The fourth-order valence-corrected chi connectivity index (χ4v) is 2.91. The summed E-state index contributed by atoms with van der Waals surface area (Å²) in [6.07, 6.45) is 1.57. The molecule has 5 nitrogen and oxygen atoms in total. The van der Waals surface area contributed by atoms with Crippen LogP contribution in [0, 0.1) is 5.92 Å². The number of nitrogens with two attached hydrogens (primary N) is 1. The molecule has 1 saturated heterocycles. The third-order valence-corrected chi connectivity index (χ3v) is 4.50. The molecule has 0 aliphatic carbocycles. The molecule has 0 spiro atoms. The first-order valence-electron chi connectivity index (χ1n) is 6.73. The number of rotatable bonds is 7. The third kappa shape index (κ3) is 4.23. The molecule has 20 heavy (non-hydrogen) atoms. The van der Waals surface area contributed by atoms with E-state index in [4.69, 9.17) is 5.73 Å². The van der Waals surface area contributed by atoms with Crippen LogP contribution in [0.25, 0.3) is 0 Å². The fraction of sp³-hybridized carbons (Fsp3) is 0.769. The lowest BCUT2D eigenvalue weighted by Gasteiger charge is -2.26. The number of carbonyl (C=O) groups is 3. The summed E-state index contributed by atoms with van der Waals surface area (Å²) in [5.41, 5.74) is 5.69. The van der Waals surface area contributed by atoms with Crippen LogP contribution >= 0.6 is 25.3 Å². The third-order valence-electron chi connectivity index (χ3n) is 3.66. The molecule has 114 valence electrons. The van der Waals surface area contributed by atoms with Crippen molar-refractivity contribution in [2.75, 3.05) is 18.1 Å². The predicted octanol–water partition coefficient (Wildman–Crippen LogP) is 0.329. The van der Waals surface area contributed by atoms with E-state index in [2.05, 4.69) is 25.3 Å². The normalized spacial score (nSPS) is 21.6. The van der Waals surface area contributed by atoms with E-state index in [1.807, 2.05) is 0 Å². The van der Waals surface area contributed by atoms with Crippen LogP contribution in [0.5, 0.6) is 0 Å². The van der Waals surface area contributed by atoms with Gasteiger partial charge >= 0.3 is 0 Å². The number of likely N-dealkylation sites (tertiary alicyclic amines) is 1. The van der Waals surface area contributed by atoms with E-state index in [9.17, 15) is 14.4 Å². The van der Waals surface area contributed by atoms with Gasteiger partial charge in [-0.2, -0.15) is 25.3 Å². The monoisotopic (exact) mass is 318 g/mol. The van der Waals surface area contributed by atoms with Crippen molar-refractivity contribution in [3.8, 4) is 0 Å². The lowest BCUT2D eigenvalue weighted by atomic mass is 9.96. The lowest BCUT2D eigenvalue weighted by molar-refractivity contribution is -0.138. The summed E-state index contributed by atoms with van der Waals surface area (Å²) in [6, 6.07) is -1.13. The van der Waals surface area contributed by atoms with E-state index in [0.717, 1.165) is 6.42 Å². The van der Waals surface area contributed by atoms with Crippen molar-refractivity contribution in [1.82, 2.24) is 4.90 Å². The first-order chi connectivity index (χ1) is 9.42. The molecular formula is C13H22N2O3S2. The Balaban J connectivity index is 2.71. The Bertz CT molecular complexity index is 390. The predicted molar refractivity (Wildman–Crippen MR) is 84.2 cm³/mol. The van der Waals surface area contributed by atoms with Crippen LogP contribution in [0.4, 0.5) is 0 Å². The highest BCUT2D eigenvalue weighted by Gasteiger charge is 2.36. The van der Waals surface area contributed by atoms with Crippen molar-refractivity contribution >= 4 is 42.7 Å². The topological polar surface area (TPSA) is 80.5 Å². The van der Waals surface area contributed by atoms with Crippen LogP contribution in [0.2, 0.25) is 0 Å². The second kappa shape index (κ2) is 8.05. The quantitative estimate of drug-likeness (QED) is 0.591. The number of nitrogens with zero attached hydrogens (tertiary/aromatic N) is 1. The van der Waals surface area contributed by atoms with Crippen LogP contribution < -0.4 is 5.73 Å². The Morgan fingerprint density at radius 1 is 1.30 bits per heavy atom. The first-order valence-corrected chi connectivity index (χ1v) is 7.99. The van der Waals surface area contributed by atoms with Crippen molar-refractivity contribution in [3.05, 3.63) is 0 Å². The molecule has 1 rings (SSSR count). The highest BCUT2D eigenvalue weighted by Crippen LogP contribution is 2.22. The van der Waals surface area contributed by atoms with Gasteiger partial charge in [-0.25, -0.2) is 0 Å². The van der Waals surface area contributed by atoms with E-state index in [1.54, 1.807) is 4.90 Å². The first kappa shape index (κ1) is 17.5. The number of Topliss-reactive ketones (excluding diaryl/α,β-unsaturated/α-hetero) is 2. The summed E-state index contributed by atoms with van der Waals surface area (Å²) in [4.78, 5) is 37.3. The molecule has 1 aliphatic rings. The lowest BCUT2D eigenvalue weighted by Crippen LogP contribution is -2.49. The number of thiol groups is 2. The highest BCUT2D eigenvalue weighted by atomic mass is 32.1. The Morgan fingerprint density at radius 2 is 1.95 bits per heavy atom. The minimum atomic E-state index is -0.680. The fourth-order valence-electron chi connectivity index (χ4n) is 2.37. The van der Waals surface area contributed by atoms with E-state index in [0.29, 0.717) is 18.7 Å². The van der Waals surface area contributed by atoms with Gasteiger partial charge in [0.05, 0.1) is 12.1 Å². The van der Waals surface area contributed by atoms with E-state index in [-0.39, 0.29) is 35.6 Å². The minimum Gasteiger partial charge on any atom is -0.331 e. The zero-order valence-corrected chi connectivity index (χ0v) is 13.4. The Labute approximate surface area is 130 Å². The molecule has 2 N–H and O–H groups in total. The van der Waals surface area contributed by atoms with Gasteiger partial charge in [-0.05, 0) is 19.8 Å². The van der Waals surface area contributed by atoms with Crippen molar-refractivity contribution < 1.29 is 14.4 Å². The zero-order valence-electron chi connectivity index (χ0n) is 11.6. The van der Waals surface area contributed by atoms with Gasteiger partial charge in [-0.15, -0.1) is 0 Å². The summed E-state index contributed by atoms with van der Waals surface area (Å²) in [6.45, 7) is 2.00. The van der Waals surface area contributed by atoms with E-state index in [1.165, 1.54) is 6.92 Å². The number of hydrogen-bond acceptors (Lipinski definition) is 6. The van der Waals surface area contributed by atoms with Gasteiger partial charge in [0.25, 0.3) is 0 Å². The molecule has 3 atom stereocenters. The SMILES string of the molecule is CC(=O)C(CS)CC(=O)C1CCCN1C(=O)C(N)CS. The summed E-state index contributed by atoms with van der Waals surface area (Å²) in [5.74, 6) is -0.128. The van der Waals surface area contributed by atoms with Gasteiger partial charge in [0.2, 0.25) is 5.91 Å². The highest BCUT2D eigenvalue weighted by molar-refractivity contribution is 7.80. The molecule has 0 saturated carbocycles. The molecule has 7 heteroatoms. The molecule has 1 fully saturated rings. The molecular weight excluding hydrogens is 296 g/mol. The van der Waals surface area contributed by atoms with Gasteiger partial charge in [0.1, 0.15) is 5.78 Å². The Hall–Kier alpha value is -0.530. The summed E-state index contributed by atoms with van der Waals surface area (Å²) in [5, 5.41) is 0. The minimum absolute atomic E-state index is 0.0451.